The maximum Gasteiger partial charge on any atom is 0.248 e. The summed E-state index contributed by atoms with van der Waals surface area (Å²) < 4.78 is 4.80. The summed E-state index contributed by atoms with van der Waals surface area (Å²) in [7, 11) is 1.51. The summed E-state index contributed by atoms with van der Waals surface area (Å²) in [5, 5.41) is 2.70. The maximum atomic E-state index is 11.0. The first-order chi connectivity index (χ1) is 5.22. The van der Waals surface area contributed by atoms with E-state index in [9.17, 15) is 4.79 Å². The lowest BCUT2D eigenvalue weighted by atomic mass is 10.3. The van der Waals surface area contributed by atoms with Gasteiger partial charge in [0.05, 0.1) is 0 Å². The van der Waals surface area contributed by atoms with Crippen molar-refractivity contribution in [2.75, 3.05) is 13.7 Å². The molecule has 1 amide bonds. The van der Waals surface area contributed by atoms with E-state index >= 15 is 0 Å². The highest BCUT2D eigenvalue weighted by atomic mass is 16.5. The van der Waals surface area contributed by atoms with Crippen LogP contribution >= 0.6 is 0 Å². The number of methoxy groups -OCH3 is 1. The Morgan fingerprint density at radius 3 is 2.91 bits per heavy atom. The quantitative estimate of drug-likeness (QED) is 0.471. The molecule has 0 aromatic heterocycles. The van der Waals surface area contributed by atoms with Crippen LogP contribution in [0.2, 0.25) is 0 Å². The summed E-state index contributed by atoms with van der Waals surface area (Å²) in [6.07, 6.45) is 2.19. The smallest absolute Gasteiger partial charge is 0.248 e. The summed E-state index contributed by atoms with van der Waals surface area (Å²) in [5.74, 6) is -0.0747. The lowest BCUT2D eigenvalue weighted by molar-refractivity contribution is -0.129. The van der Waals surface area contributed by atoms with Crippen molar-refractivity contribution in [2.24, 2.45) is 0 Å². The van der Waals surface area contributed by atoms with E-state index in [2.05, 4.69) is 11.9 Å². The minimum atomic E-state index is -0.361. The fourth-order valence-corrected chi connectivity index (χ4v) is 0.548. The Morgan fingerprint density at radius 2 is 2.45 bits per heavy atom. The molecule has 0 aromatic carbocycles. The Kier molecular flexibility index (Phi) is 5.47. The van der Waals surface area contributed by atoms with Gasteiger partial charge in [-0.25, -0.2) is 0 Å². The fraction of sp³-hybridized carbons (Fsp3) is 0.625. The van der Waals surface area contributed by atoms with Crippen LogP contribution in [0.5, 0.6) is 0 Å². The SMILES string of the molecule is C=CCCNC(=O)C(C)OC. The van der Waals surface area contributed by atoms with E-state index in [0.29, 0.717) is 6.54 Å². The van der Waals surface area contributed by atoms with Crippen LogP contribution in [0.15, 0.2) is 12.7 Å². The van der Waals surface area contributed by atoms with Crippen LogP contribution in [0.4, 0.5) is 0 Å². The number of carbonyl (C=O) groups excluding carboxylic acids is 1. The molecule has 0 aromatic rings. The minimum Gasteiger partial charge on any atom is -0.372 e. The Labute approximate surface area is 67.4 Å². The molecule has 0 aliphatic rings. The van der Waals surface area contributed by atoms with Crippen LogP contribution < -0.4 is 5.32 Å². The van der Waals surface area contributed by atoms with Crippen LogP contribution in [-0.4, -0.2) is 25.7 Å². The monoisotopic (exact) mass is 157 g/mol. The number of carbonyl (C=O) groups is 1. The van der Waals surface area contributed by atoms with E-state index in [1.54, 1.807) is 13.0 Å². The van der Waals surface area contributed by atoms with Gasteiger partial charge in [-0.05, 0) is 13.3 Å². The van der Waals surface area contributed by atoms with Crippen molar-refractivity contribution in [3.63, 3.8) is 0 Å². The molecule has 0 bridgehead atoms. The first-order valence-electron chi connectivity index (χ1n) is 3.63. The van der Waals surface area contributed by atoms with Gasteiger partial charge in [0.1, 0.15) is 6.10 Å². The molecule has 3 nitrogen and oxygen atoms in total. The number of nitrogens with one attached hydrogen (secondary N) is 1. The summed E-state index contributed by atoms with van der Waals surface area (Å²) in [6.45, 7) is 5.89. The molecule has 0 fully saturated rings. The molecule has 3 heteroatoms. The predicted octanol–water partition coefficient (Wildman–Crippen LogP) is 0.714. The number of amides is 1. The highest BCUT2D eigenvalue weighted by Gasteiger charge is 2.08. The van der Waals surface area contributed by atoms with Gasteiger partial charge in [0.25, 0.3) is 0 Å². The summed E-state index contributed by atoms with van der Waals surface area (Å²) >= 11 is 0. The zero-order valence-electron chi connectivity index (χ0n) is 7.09. The van der Waals surface area contributed by atoms with Crippen molar-refractivity contribution in [1.82, 2.24) is 5.32 Å². The molecule has 0 aliphatic heterocycles. The van der Waals surface area contributed by atoms with Crippen molar-refractivity contribution in [1.29, 1.82) is 0 Å². The second kappa shape index (κ2) is 5.92. The van der Waals surface area contributed by atoms with E-state index < -0.39 is 0 Å². The summed E-state index contributed by atoms with van der Waals surface area (Å²) in [4.78, 5) is 11.0. The van der Waals surface area contributed by atoms with Gasteiger partial charge in [0, 0.05) is 13.7 Å². The van der Waals surface area contributed by atoms with Gasteiger partial charge in [-0.3, -0.25) is 4.79 Å². The third-order valence-corrected chi connectivity index (χ3v) is 1.37. The van der Waals surface area contributed by atoms with Crippen molar-refractivity contribution in [2.45, 2.75) is 19.4 Å². The van der Waals surface area contributed by atoms with E-state index in [4.69, 9.17) is 4.74 Å². The highest BCUT2D eigenvalue weighted by Crippen LogP contribution is 1.86. The second-order valence-electron chi connectivity index (χ2n) is 2.25. The zero-order chi connectivity index (χ0) is 8.69. The molecule has 0 aliphatic carbocycles. The minimum absolute atomic E-state index is 0.0747. The van der Waals surface area contributed by atoms with Gasteiger partial charge in [-0.2, -0.15) is 0 Å². The van der Waals surface area contributed by atoms with Gasteiger partial charge in [-0.1, -0.05) is 6.08 Å². The molecule has 1 atom stereocenters. The average Bonchev–Trinajstić information content (AvgIpc) is 2.03. The lowest BCUT2D eigenvalue weighted by Gasteiger charge is -2.08. The first kappa shape index (κ1) is 10.2. The van der Waals surface area contributed by atoms with Crippen LogP contribution in [0.1, 0.15) is 13.3 Å². The fourth-order valence-electron chi connectivity index (χ4n) is 0.548. The lowest BCUT2D eigenvalue weighted by Crippen LogP contribution is -2.34. The highest BCUT2D eigenvalue weighted by molar-refractivity contribution is 5.80. The van der Waals surface area contributed by atoms with E-state index in [-0.39, 0.29) is 12.0 Å². The van der Waals surface area contributed by atoms with Gasteiger partial charge < -0.3 is 10.1 Å². The Balaban J connectivity index is 3.43. The third-order valence-electron chi connectivity index (χ3n) is 1.37. The first-order valence-corrected chi connectivity index (χ1v) is 3.63. The number of hydrogen-bond acceptors (Lipinski definition) is 2. The molecule has 0 radical (unpaired) electrons. The maximum absolute atomic E-state index is 11.0. The summed E-state index contributed by atoms with van der Waals surface area (Å²) in [5.41, 5.74) is 0. The molecule has 64 valence electrons. The van der Waals surface area contributed by atoms with Gasteiger partial charge in [0.15, 0.2) is 0 Å². The Morgan fingerprint density at radius 1 is 1.82 bits per heavy atom. The van der Waals surface area contributed by atoms with E-state index in [0.717, 1.165) is 6.42 Å². The van der Waals surface area contributed by atoms with Gasteiger partial charge in [0.2, 0.25) is 5.91 Å². The Bertz CT molecular complexity index is 134. The summed E-state index contributed by atoms with van der Waals surface area (Å²) in [6, 6.07) is 0. The van der Waals surface area contributed by atoms with Crippen molar-refractivity contribution in [3.8, 4) is 0 Å². The number of rotatable bonds is 5. The topological polar surface area (TPSA) is 38.3 Å². The predicted molar refractivity (Wildman–Crippen MR) is 44.3 cm³/mol. The van der Waals surface area contributed by atoms with Crippen LogP contribution in [0.25, 0.3) is 0 Å². The van der Waals surface area contributed by atoms with E-state index in [1.165, 1.54) is 7.11 Å². The van der Waals surface area contributed by atoms with Crippen LogP contribution in [-0.2, 0) is 9.53 Å². The average molecular weight is 157 g/mol. The molecule has 1 unspecified atom stereocenters. The molecule has 0 rings (SSSR count). The van der Waals surface area contributed by atoms with Crippen molar-refractivity contribution >= 4 is 5.91 Å². The molecule has 1 N–H and O–H groups in total. The van der Waals surface area contributed by atoms with Crippen molar-refractivity contribution < 1.29 is 9.53 Å². The normalized spacial score (nSPS) is 12.2. The second-order valence-corrected chi connectivity index (χ2v) is 2.25. The largest absolute Gasteiger partial charge is 0.372 e. The van der Waals surface area contributed by atoms with Gasteiger partial charge in [-0.15, -0.1) is 6.58 Å². The van der Waals surface area contributed by atoms with Gasteiger partial charge >= 0.3 is 0 Å². The number of hydrogen-bond donors (Lipinski definition) is 1. The third kappa shape index (κ3) is 4.56. The molecule has 11 heavy (non-hydrogen) atoms. The van der Waals surface area contributed by atoms with Crippen LogP contribution in [0, 0.1) is 0 Å². The molecular formula is C8H15NO2. The molecule has 0 heterocycles. The van der Waals surface area contributed by atoms with Crippen molar-refractivity contribution in [3.05, 3.63) is 12.7 Å². The molecule has 0 saturated heterocycles. The molecular weight excluding hydrogens is 142 g/mol. The van der Waals surface area contributed by atoms with Crippen LogP contribution in [0.3, 0.4) is 0 Å². The van der Waals surface area contributed by atoms with E-state index in [1.807, 2.05) is 0 Å². The zero-order valence-corrected chi connectivity index (χ0v) is 7.09. The number of ether oxygens (including phenoxy) is 1. The standard InChI is InChI=1S/C8H15NO2/c1-4-5-6-9-8(10)7(2)11-3/h4,7H,1,5-6H2,2-3H3,(H,9,10). The molecule has 0 spiro atoms. The Hall–Kier alpha value is -0.830. The molecule has 0 saturated carbocycles.